The summed E-state index contributed by atoms with van der Waals surface area (Å²) in [6, 6.07) is 13.2. The largest absolute Gasteiger partial charge is 0.301 e. The van der Waals surface area contributed by atoms with Gasteiger partial charge in [-0.25, -0.2) is 25.9 Å². The number of carbonyl (C=O) groups excluding carboxylic acids is 1. The number of benzene rings is 2. The smallest absolute Gasteiger partial charge is 0.247 e. The van der Waals surface area contributed by atoms with E-state index in [-0.39, 0.29) is 28.9 Å². The third-order valence-electron chi connectivity index (χ3n) is 5.83. The molecule has 0 bridgehead atoms. The van der Waals surface area contributed by atoms with E-state index in [1.165, 1.54) is 29.8 Å². The third kappa shape index (κ3) is 5.29. The van der Waals surface area contributed by atoms with E-state index in [0.29, 0.717) is 0 Å². The van der Waals surface area contributed by atoms with Crippen LogP contribution in [0.1, 0.15) is 37.9 Å². The van der Waals surface area contributed by atoms with E-state index in [1.807, 2.05) is 43.3 Å². The Morgan fingerprint density at radius 3 is 2.09 bits per heavy atom. The zero-order valence-electron chi connectivity index (χ0n) is 19.6. The molecular weight excluding hydrogens is 462 g/mol. The van der Waals surface area contributed by atoms with Crippen molar-refractivity contribution in [2.24, 2.45) is 5.41 Å². The molecule has 10 heteroatoms. The number of aryl methyl sites for hydroxylation is 1. The highest BCUT2D eigenvalue weighted by molar-refractivity contribution is 7.94. The summed E-state index contributed by atoms with van der Waals surface area (Å²) in [5.74, 6) is -0.815. The maximum Gasteiger partial charge on any atom is 0.247 e. The summed E-state index contributed by atoms with van der Waals surface area (Å²) < 4.78 is 54.1. The summed E-state index contributed by atoms with van der Waals surface area (Å²) in [7, 11) is -3.87. The lowest BCUT2D eigenvalue weighted by atomic mass is 9.95. The van der Waals surface area contributed by atoms with E-state index in [0.717, 1.165) is 16.3 Å². The Morgan fingerprint density at radius 2 is 1.64 bits per heavy atom. The fraction of sp³-hybridized carbons (Fsp3) is 0.435. The van der Waals surface area contributed by atoms with Crippen LogP contribution >= 0.6 is 0 Å². The van der Waals surface area contributed by atoms with Gasteiger partial charge in [-0.3, -0.25) is 4.79 Å². The molecule has 3 rings (SSSR count). The van der Waals surface area contributed by atoms with Crippen LogP contribution in [0.3, 0.4) is 0 Å². The van der Waals surface area contributed by atoms with E-state index in [2.05, 4.69) is 11.6 Å². The minimum absolute atomic E-state index is 0.00612. The Kier molecular flexibility index (Phi) is 7.05. The van der Waals surface area contributed by atoms with Crippen LogP contribution in [0.15, 0.2) is 53.4 Å². The zero-order valence-corrected chi connectivity index (χ0v) is 21.2. The van der Waals surface area contributed by atoms with Gasteiger partial charge in [0.1, 0.15) is 0 Å². The predicted molar refractivity (Wildman–Crippen MR) is 129 cm³/mol. The molecule has 0 aromatic heterocycles. The first-order chi connectivity index (χ1) is 15.3. The predicted octanol–water partition coefficient (Wildman–Crippen LogP) is 2.53. The summed E-state index contributed by atoms with van der Waals surface area (Å²) in [4.78, 5) is 14.5. The highest BCUT2D eigenvalue weighted by Gasteiger charge is 2.49. The topological polar surface area (TPSA) is 104 Å². The van der Waals surface area contributed by atoms with Crippen LogP contribution in [0.5, 0.6) is 0 Å². The molecule has 1 N–H and O–H groups in total. The molecule has 0 saturated carbocycles. The normalized spacial score (nSPS) is 18.6. The SMILES string of the molecule is CCc1ccc([C@H](CNS(=O)(=O)c2ccc(N3C(=O)C(C)(C)CS3(=O)=O)cc2)N(C)C)cc1. The van der Waals surface area contributed by atoms with E-state index in [4.69, 9.17) is 0 Å². The third-order valence-corrected chi connectivity index (χ3v) is 9.29. The first kappa shape index (κ1) is 25.4. The van der Waals surface area contributed by atoms with Crippen molar-refractivity contribution < 1.29 is 21.6 Å². The van der Waals surface area contributed by atoms with Gasteiger partial charge in [0.2, 0.25) is 26.0 Å². The quantitative estimate of drug-likeness (QED) is 0.606. The zero-order chi connectivity index (χ0) is 24.6. The second-order valence-corrected chi connectivity index (χ2v) is 12.7. The Morgan fingerprint density at radius 1 is 1.06 bits per heavy atom. The number of nitrogens with one attached hydrogen (secondary N) is 1. The summed E-state index contributed by atoms with van der Waals surface area (Å²) in [5.41, 5.74) is 1.31. The standard InChI is InChI=1S/C23H31N3O5S2/c1-6-17-7-9-18(10-8-17)21(25(4)5)15-24-33(30,31)20-13-11-19(12-14-20)26-22(27)23(2,3)16-32(26,28)29/h7-14,21,24H,6,15-16H2,1-5H3/t21-/m0/s1. The number of amides is 1. The Bertz CT molecular complexity index is 1220. The van der Waals surface area contributed by atoms with Crippen molar-refractivity contribution >= 4 is 31.6 Å². The lowest BCUT2D eigenvalue weighted by molar-refractivity contribution is -0.123. The van der Waals surface area contributed by atoms with E-state index < -0.39 is 31.4 Å². The van der Waals surface area contributed by atoms with Crippen molar-refractivity contribution in [1.82, 2.24) is 9.62 Å². The van der Waals surface area contributed by atoms with Crippen molar-refractivity contribution in [2.45, 2.75) is 38.1 Å². The van der Waals surface area contributed by atoms with Crippen LogP contribution in [0.25, 0.3) is 0 Å². The molecule has 0 unspecified atom stereocenters. The highest BCUT2D eigenvalue weighted by Crippen LogP contribution is 2.36. The van der Waals surface area contributed by atoms with E-state index in [1.54, 1.807) is 13.8 Å². The number of hydrogen-bond donors (Lipinski definition) is 1. The molecule has 1 saturated heterocycles. The molecular formula is C23H31N3O5S2. The minimum Gasteiger partial charge on any atom is -0.301 e. The maximum absolute atomic E-state index is 12.9. The molecule has 0 aliphatic carbocycles. The number of rotatable bonds is 8. The fourth-order valence-electron chi connectivity index (χ4n) is 3.87. The van der Waals surface area contributed by atoms with Crippen LogP contribution < -0.4 is 9.03 Å². The first-order valence-corrected chi connectivity index (χ1v) is 13.8. The summed E-state index contributed by atoms with van der Waals surface area (Å²) in [6.07, 6.45) is 0.928. The molecule has 1 aliphatic rings. The lowest BCUT2D eigenvalue weighted by Gasteiger charge is -2.25. The van der Waals surface area contributed by atoms with Gasteiger partial charge in [0, 0.05) is 12.6 Å². The molecule has 8 nitrogen and oxygen atoms in total. The Labute approximate surface area is 196 Å². The van der Waals surface area contributed by atoms with Crippen LogP contribution in [0.4, 0.5) is 5.69 Å². The van der Waals surface area contributed by atoms with Crippen LogP contribution in [0.2, 0.25) is 0 Å². The fourth-order valence-corrected chi connectivity index (χ4v) is 7.01. The van der Waals surface area contributed by atoms with Gasteiger partial charge in [-0.05, 0) is 69.8 Å². The Balaban J connectivity index is 1.78. The second-order valence-electron chi connectivity index (χ2n) is 9.13. The van der Waals surface area contributed by atoms with Gasteiger partial charge in [0.15, 0.2) is 0 Å². The molecule has 2 aromatic carbocycles. The van der Waals surface area contributed by atoms with Crippen LogP contribution in [0, 0.1) is 5.41 Å². The van der Waals surface area contributed by atoms with Crippen molar-refractivity contribution in [3.63, 3.8) is 0 Å². The van der Waals surface area contributed by atoms with Gasteiger partial charge in [-0.1, -0.05) is 31.2 Å². The first-order valence-electron chi connectivity index (χ1n) is 10.7. The summed E-state index contributed by atoms with van der Waals surface area (Å²) >= 11 is 0. The van der Waals surface area contributed by atoms with Crippen LogP contribution in [-0.2, 0) is 31.3 Å². The average Bonchev–Trinajstić information content (AvgIpc) is 2.90. The van der Waals surface area contributed by atoms with Gasteiger partial charge >= 0.3 is 0 Å². The molecule has 33 heavy (non-hydrogen) atoms. The molecule has 1 amide bonds. The van der Waals surface area contributed by atoms with Gasteiger partial charge in [0.25, 0.3) is 0 Å². The molecule has 1 aliphatic heterocycles. The molecule has 1 fully saturated rings. The molecule has 1 atom stereocenters. The number of nitrogens with zero attached hydrogens (tertiary/aromatic N) is 2. The van der Waals surface area contributed by atoms with Crippen molar-refractivity contribution in [3.05, 3.63) is 59.7 Å². The molecule has 1 heterocycles. The van der Waals surface area contributed by atoms with Gasteiger partial charge in [-0.2, -0.15) is 0 Å². The number of likely N-dealkylation sites (N-methyl/N-ethyl adjacent to an activating group) is 1. The Hall–Kier alpha value is -2.27. The second kappa shape index (κ2) is 9.17. The average molecular weight is 494 g/mol. The highest BCUT2D eigenvalue weighted by atomic mass is 32.2. The number of sulfonamides is 2. The summed E-state index contributed by atoms with van der Waals surface area (Å²) in [6.45, 7) is 5.39. The summed E-state index contributed by atoms with van der Waals surface area (Å²) in [5, 5.41) is 0. The van der Waals surface area contributed by atoms with Gasteiger partial charge in [0.05, 0.1) is 21.8 Å². The maximum atomic E-state index is 12.9. The monoisotopic (exact) mass is 493 g/mol. The van der Waals surface area contributed by atoms with Crippen molar-refractivity contribution in [1.29, 1.82) is 0 Å². The van der Waals surface area contributed by atoms with Gasteiger partial charge in [-0.15, -0.1) is 0 Å². The molecule has 2 aromatic rings. The minimum atomic E-state index is -3.84. The number of anilines is 1. The van der Waals surface area contributed by atoms with E-state index in [9.17, 15) is 21.6 Å². The number of hydrogen-bond acceptors (Lipinski definition) is 6. The van der Waals surface area contributed by atoms with Crippen molar-refractivity contribution in [2.75, 3.05) is 30.7 Å². The van der Waals surface area contributed by atoms with E-state index >= 15 is 0 Å². The molecule has 0 radical (unpaired) electrons. The van der Waals surface area contributed by atoms with Crippen LogP contribution in [-0.4, -0.2) is 54.0 Å². The van der Waals surface area contributed by atoms with Crippen molar-refractivity contribution in [3.8, 4) is 0 Å². The van der Waals surface area contributed by atoms with Gasteiger partial charge < -0.3 is 4.90 Å². The number of carbonyl (C=O) groups is 1. The molecule has 180 valence electrons. The molecule has 0 spiro atoms. The lowest BCUT2D eigenvalue weighted by Crippen LogP contribution is -2.35.